The largest absolute Gasteiger partial charge is 0.382 e. The quantitative estimate of drug-likeness (QED) is 0.672. The molecular formula is C14H27NO3. The Labute approximate surface area is 110 Å². The lowest BCUT2D eigenvalue weighted by Gasteiger charge is -2.45. The number of rotatable bonds is 8. The summed E-state index contributed by atoms with van der Waals surface area (Å²) < 4.78 is 17.1. The number of methoxy groups -OCH3 is 1. The van der Waals surface area contributed by atoms with Gasteiger partial charge in [0, 0.05) is 13.2 Å². The van der Waals surface area contributed by atoms with Gasteiger partial charge in [-0.05, 0) is 25.8 Å². The van der Waals surface area contributed by atoms with Crippen molar-refractivity contribution < 1.29 is 14.2 Å². The number of hydrogen-bond acceptors (Lipinski definition) is 4. The summed E-state index contributed by atoms with van der Waals surface area (Å²) in [4.78, 5) is 0. The van der Waals surface area contributed by atoms with Crippen molar-refractivity contribution in [1.82, 2.24) is 5.32 Å². The molecule has 4 nitrogen and oxygen atoms in total. The predicted octanol–water partition coefficient (Wildman–Crippen LogP) is 1.73. The van der Waals surface area contributed by atoms with Crippen molar-refractivity contribution in [3.05, 3.63) is 0 Å². The lowest BCUT2D eigenvalue weighted by atomic mass is 9.85. The highest BCUT2D eigenvalue weighted by Crippen LogP contribution is 2.32. The Morgan fingerprint density at radius 3 is 2.61 bits per heavy atom. The fourth-order valence-electron chi connectivity index (χ4n) is 2.94. The second kappa shape index (κ2) is 7.43. The molecule has 0 heterocycles. The van der Waals surface area contributed by atoms with E-state index in [1.807, 2.05) is 0 Å². The van der Waals surface area contributed by atoms with E-state index < -0.39 is 0 Å². The third-order valence-electron chi connectivity index (χ3n) is 3.98. The van der Waals surface area contributed by atoms with E-state index in [4.69, 9.17) is 14.2 Å². The van der Waals surface area contributed by atoms with Gasteiger partial charge < -0.3 is 19.5 Å². The minimum atomic E-state index is 0.209. The normalized spacial score (nSPS) is 32.7. The first-order chi connectivity index (χ1) is 8.85. The van der Waals surface area contributed by atoms with Crippen molar-refractivity contribution in [3.63, 3.8) is 0 Å². The molecule has 2 aliphatic carbocycles. The summed E-state index contributed by atoms with van der Waals surface area (Å²) in [5.41, 5.74) is 0. The first-order valence-corrected chi connectivity index (χ1v) is 7.34. The summed E-state index contributed by atoms with van der Waals surface area (Å²) in [6.45, 7) is 4.45. The van der Waals surface area contributed by atoms with Crippen molar-refractivity contribution in [2.45, 2.75) is 63.4 Å². The van der Waals surface area contributed by atoms with E-state index in [2.05, 4.69) is 12.2 Å². The van der Waals surface area contributed by atoms with Crippen molar-refractivity contribution in [3.8, 4) is 0 Å². The molecule has 2 fully saturated rings. The maximum absolute atomic E-state index is 6.16. The molecule has 0 saturated heterocycles. The van der Waals surface area contributed by atoms with Gasteiger partial charge in [-0.15, -0.1) is 0 Å². The van der Waals surface area contributed by atoms with Crippen LogP contribution in [0.3, 0.4) is 0 Å². The topological polar surface area (TPSA) is 39.7 Å². The third-order valence-corrected chi connectivity index (χ3v) is 3.98. The summed E-state index contributed by atoms with van der Waals surface area (Å²) in [6, 6.07) is 0.457. The molecule has 2 aliphatic rings. The standard InChI is InChI=1S/C14H27NO3/c1-3-15-12-10-13(14(12)17-9-8-16-2)18-11-6-4-5-7-11/h11-15H,3-10H2,1-2H3. The molecule has 0 radical (unpaired) electrons. The van der Waals surface area contributed by atoms with E-state index in [1.54, 1.807) is 7.11 Å². The van der Waals surface area contributed by atoms with E-state index >= 15 is 0 Å². The molecule has 2 rings (SSSR count). The van der Waals surface area contributed by atoms with Crippen LogP contribution >= 0.6 is 0 Å². The molecule has 2 saturated carbocycles. The summed E-state index contributed by atoms with van der Waals surface area (Å²) in [5.74, 6) is 0. The molecule has 0 amide bonds. The molecular weight excluding hydrogens is 230 g/mol. The van der Waals surface area contributed by atoms with Gasteiger partial charge in [0.1, 0.15) is 0 Å². The van der Waals surface area contributed by atoms with Gasteiger partial charge in [-0.2, -0.15) is 0 Å². The molecule has 3 unspecified atom stereocenters. The molecule has 1 N–H and O–H groups in total. The molecule has 3 atom stereocenters. The third kappa shape index (κ3) is 3.67. The predicted molar refractivity (Wildman–Crippen MR) is 70.8 cm³/mol. The number of hydrogen-bond donors (Lipinski definition) is 1. The summed E-state index contributed by atoms with van der Waals surface area (Å²) in [6.07, 6.45) is 7.16. The van der Waals surface area contributed by atoms with Crippen LogP contribution in [0.2, 0.25) is 0 Å². The van der Waals surface area contributed by atoms with Crippen LogP contribution in [0.1, 0.15) is 39.0 Å². The number of nitrogens with one attached hydrogen (secondary N) is 1. The number of likely N-dealkylation sites (N-methyl/N-ethyl adjacent to an activating group) is 1. The van der Waals surface area contributed by atoms with Crippen LogP contribution < -0.4 is 5.32 Å². The van der Waals surface area contributed by atoms with Gasteiger partial charge in [-0.25, -0.2) is 0 Å². The van der Waals surface area contributed by atoms with Gasteiger partial charge in [-0.3, -0.25) is 0 Å². The monoisotopic (exact) mass is 257 g/mol. The van der Waals surface area contributed by atoms with Crippen molar-refractivity contribution in [2.75, 3.05) is 26.9 Å². The molecule has 0 bridgehead atoms. The van der Waals surface area contributed by atoms with E-state index in [9.17, 15) is 0 Å². The Hall–Kier alpha value is -0.160. The maximum atomic E-state index is 6.16. The zero-order valence-electron chi connectivity index (χ0n) is 11.7. The Morgan fingerprint density at radius 2 is 1.94 bits per heavy atom. The van der Waals surface area contributed by atoms with Gasteiger partial charge in [0.15, 0.2) is 0 Å². The second-order valence-corrected chi connectivity index (χ2v) is 5.31. The van der Waals surface area contributed by atoms with Gasteiger partial charge in [0.25, 0.3) is 0 Å². The molecule has 0 aromatic rings. The van der Waals surface area contributed by atoms with Crippen molar-refractivity contribution >= 4 is 0 Å². The van der Waals surface area contributed by atoms with E-state index in [1.165, 1.54) is 25.7 Å². The molecule has 0 aromatic heterocycles. The first kappa shape index (κ1) is 14.3. The molecule has 106 valence electrons. The Morgan fingerprint density at radius 1 is 1.17 bits per heavy atom. The molecule has 0 aliphatic heterocycles. The van der Waals surface area contributed by atoms with Gasteiger partial charge >= 0.3 is 0 Å². The molecule has 0 aromatic carbocycles. The zero-order valence-corrected chi connectivity index (χ0v) is 11.7. The highest BCUT2D eigenvalue weighted by molar-refractivity contribution is 4.97. The highest BCUT2D eigenvalue weighted by atomic mass is 16.6. The lowest BCUT2D eigenvalue weighted by Crippen LogP contribution is -2.60. The van der Waals surface area contributed by atoms with Gasteiger partial charge in [0.05, 0.1) is 31.5 Å². The van der Waals surface area contributed by atoms with Crippen molar-refractivity contribution in [2.24, 2.45) is 0 Å². The minimum absolute atomic E-state index is 0.209. The molecule has 4 heteroatoms. The van der Waals surface area contributed by atoms with Crippen LogP contribution in [0.25, 0.3) is 0 Å². The van der Waals surface area contributed by atoms with Crippen LogP contribution in [-0.4, -0.2) is 51.2 Å². The fraction of sp³-hybridized carbons (Fsp3) is 1.00. The maximum Gasteiger partial charge on any atom is 0.0991 e. The SMILES string of the molecule is CCNC1CC(OC2CCCC2)C1OCCOC. The van der Waals surface area contributed by atoms with E-state index in [0.717, 1.165) is 13.0 Å². The van der Waals surface area contributed by atoms with Crippen LogP contribution in [0.4, 0.5) is 0 Å². The summed E-state index contributed by atoms with van der Waals surface area (Å²) >= 11 is 0. The summed E-state index contributed by atoms with van der Waals surface area (Å²) in [7, 11) is 1.71. The van der Waals surface area contributed by atoms with Crippen LogP contribution in [0.5, 0.6) is 0 Å². The Balaban J connectivity index is 1.74. The zero-order chi connectivity index (χ0) is 12.8. The average molecular weight is 257 g/mol. The highest BCUT2D eigenvalue weighted by Gasteiger charge is 2.43. The lowest BCUT2D eigenvalue weighted by molar-refractivity contribution is -0.170. The van der Waals surface area contributed by atoms with Crippen LogP contribution in [0.15, 0.2) is 0 Å². The first-order valence-electron chi connectivity index (χ1n) is 7.34. The Kier molecular flexibility index (Phi) is 5.89. The fourth-order valence-corrected chi connectivity index (χ4v) is 2.94. The van der Waals surface area contributed by atoms with Gasteiger partial charge in [-0.1, -0.05) is 19.8 Å². The van der Waals surface area contributed by atoms with Crippen LogP contribution in [0, 0.1) is 0 Å². The van der Waals surface area contributed by atoms with Gasteiger partial charge in [0.2, 0.25) is 0 Å². The number of ether oxygens (including phenoxy) is 3. The molecule has 0 spiro atoms. The van der Waals surface area contributed by atoms with Crippen molar-refractivity contribution in [1.29, 1.82) is 0 Å². The van der Waals surface area contributed by atoms with Crippen LogP contribution in [-0.2, 0) is 14.2 Å². The smallest absolute Gasteiger partial charge is 0.0991 e. The van der Waals surface area contributed by atoms with E-state index in [-0.39, 0.29) is 12.2 Å². The summed E-state index contributed by atoms with van der Waals surface area (Å²) in [5, 5.41) is 3.47. The minimum Gasteiger partial charge on any atom is -0.382 e. The second-order valence-electron chi connectivity index (χ2n) is 5.31. The Bertz CT molecular complexity index is 231. The molecule has 18 heavy (non-hydrogen) atoms. The average Bonchev–Trinajstić information content (AvgIpc) is 2.86. The van der Waals surface area contributed by atoms with E-state index in [0.29, 0.717) is 25.4 Å².